The summed E-state index contributed by atoms with van der Waals surface area (Å²) >= 11 is 0. The SMILES string of the molecule is CNC(C1CCC(C)C(C)C1)C(OC)OC. The Hall–Kier alpha value is -0.120. The largest absolute Gasteiger partial charge is 0.354 e. The number of methoxy groups -OCH3 is 2. The van der Waals surface area contributed by atoms with E-state index in [9.17, 15) is 0 Å². The average molecular weight is 229 g/mol. The van der Waals surface area contributed by atoms with Gasteiger partial charge in [0.2, 0.25) is 0 Å². The fourth-order valence-corrected chi connectivity index (χ4v) is 2.90. The van der Waals surface area contributed by atoms with Crippen molar-refractivity contribution in [1.82, 2.24) is 5.32 Å². The van der Waals surface area contributed by atoms with E-state index in [0.29, 0.717) is 12.0 Å². The zero-order valence-corrected chi connectivity index (χ0v) is 11.3. The van der Waals surface area contributed by atoms with Crippen LogP contribution in [-0.4, -0.2) is 33.6 Å². The highest BCUT2D eigenvalue weighted by Crippen LogP contribution is 2.36. The van der Waals surface area contributed by atoms with Crippen LogP contribution in [0.1, 0.15) is 33.1 Å². The van der Waals surface area contributed by atoms with E-state index in [2.05, 4.69) is 19.2 Å². The van der Waals surface area contributed by atoms with E-state index < -0.39 is 0 Å². The van der Waals surface area contributed by atoms with E-state index in [1.165, 1.54) is 19.3 Å². The van der Waals surface area contributed by atoms with Gasteiger partial charge >= 0.3 is 0 Å². The van der Waals surface area contributed by atoms with Gasteiger partial charge in [-0.3, -0.25) is 0 Å². The highest BCUT2D eigenvalue weighted by Gasteiger charge is 2.33. The molecule has 0 bridgehead atoms. The molecular formula is C13H27NO2. The molecular weight excluding hydrogens is 202 g/mol. The summed E-state index contributed by atoms with van der Waals surface area (Å²) in [6.45, 7) is 4.72. The molecule has 4 unspecified atom stereocenters. The molecule has 0 aromatic heterocycles. The Morgan fingerprint density at radius 1 is 1.06 bits per heavy atom. The van der Waals surface area contributed by atoms with E-state index in [4.69, 9.17) is 9.47 Å². The Morgan fingerprint density at radius 3 is 2.12 bits per heavy atom. The van der Waals surface area contributed by atoms with Crippen molar-refractivity contribution in [1.29, 1.82) is 0 Å². The van der Waals surface area contributed by atoms with Crippen molar-refractivity contribution in [2.75, 3.05) is 21.3 Å². The molecule has 96 valence electrons. The molecule has 0 heterocycles. The van der Waals surface area contributed by atoms with Gasteiger partial charge in [-0.2, -0.15) is 0 Å². The number of likely N-dealkylation sites (N-methyl/N-ethyl adjacent to an activating group) is 1. The first-order chi connectivity index (χ1) is 7.63. The third-order valence-electron chi connectivity index (χ3n) is 4.24. The van der Waals surface area contributed by atoms with Crippen molar-refractivity contribution in [2.24, 2.45) is 17.8 Å². The second kappa shape index (κ2) is 6.58. The predicted molar refractivity (Wildman–Crippen MR) is 66.3 cm³/mol. The minimum absolute atomic E-state index is 0.129. The minimum atomic E-state index is -0.129. The van der Waals surface area contributed by atoms with Crippen LogP contribution < -0.4 is 5.32 Å². The van der Waals surface area contributed by atoms with Crippen LogP contribution in [0.15, 0.2) is 0 Å². The van der Waals surface area contributed by atoms with Gasteiger partial charge in [0, 0.05) is 14.2 Å². The topological polar surface area (TPSA) is 30.5 Å². The molecule has 0 aromatic carbocycles. The van der Waals surface area contributed by atoms with E-state index in [0.717, 1.165) is 11.8 Å². The summed E-state index contributed by atoms with van der Waals surface area (Å²) in [6.07, 6.45) is 3.75. The van der Waals surface area contributed by atoms with Crippen LogP contribution in [-0.2, 0) is 9.47 Å². The third-order valence-corrected chi connectivity index (χ3v) is 4.24. The lowest BCUT2D eigenvalue weighted by molar-refractivity contribution is -0.136. The lowest BCUT2D eigenvalue weighted by Gasteiger charge is -2.38. The number of ether oxygens (including phenoxy) is 2. The Balaban J connectivity index is 2.59. The van der Waals surface area contributed by atoms with Crippen LogP contribution in [0.2, 0.25) is 0 Å². The van der Waals surface area contributed by atoms with Crippen molar-refractivity contribution in [2.45, 2.75) is 45.4 Å². The molecule has 1 fully saturated rings. The van der Waals surface area contributed by atoms with E-state index >= 15 is 0 Å². The van der Waals surface area contributed by atoms with E-state index in [1.54, 1.807) is 14.2 Å². The van der Waals surface area contributed by atoms with Gasteiger partial charge in [0.05, 0.1) is 6.04 Å². The molecule has 1 aliphatic carbocycles. The average Bonchev–Trinajstić information content (AvgIpc) is 2.29. The summed E-state index contributed by atoms with van der Waals surface area (Å²) in [6, 6.07) is 0.310. The van der Waals surface area contributed by atoms with Gasteiger partial charge in [-0.25, -0.2) is 0 Å². The van der Waals surface area contributed by atoms with E-state index in [1.807, 2.05) is 7.05 Å². The first kappa shape index (κ1) is 13.9. The third kappa shape index (κ3) is 3.19. The Labute approximate surface area is 99.9 Å². The van der Waals surface area contributed by atoms with Gasteiger partial charge in [-0.05, 0) is 37.6 Å². The van der Waals surface area contributed by atoms with Gasteiger partial charge in [0.15, 0.2) is 6.29 Å². The summed E-state index contributed by atoms with van der Waals surface area (Å²) < 4.78 is 10.8. The second-order valence-electron chi connectivity index (χ2n) is 5.18. The number of hydrogen-bond acceptors (Lipinski definition) is 3. The molecule has 16 heavy (non-hydrogen) atoms. The van der Waals surface area contributed by atoms with Gasteiger partial charge in [0.1, 0.15) is 0 Å². The summed E-state index contributed by atoms with van der Waals surface area (Å²) in [5.74, 6) is 2.34. The summed E-state index contributed by atoms with van der Waals surface area (Å²) in [4.78, 5) is 0. The Kier molecular flexibility index (Phi) is 5.73. The molecule has 4 atom stereocenters. The molecule has 0 aliphatic heterocycles. The fraction of sp³-hybridized carbons (Fsp3) is 1.00. The monoisotopic (exact) mass is 229 g/mol. The molecule has 1 rings (SSSR count). The lowest BCUT2D eigenvalue weighted by Crippen LogP contribution is -2.47. The maximum Gasteiger partial charge on any atom is 0.172 e. The number of rotatable bonds is 5. The van der Waals surface area contributed by atoms with Crippen LogP contribution >= 0.6 is 0 Å². The molecule has 3 heteroatoms. The quantitative estimate of drug-likeness (QED) is 0.734. The van der Waals surface area contributed by atoms with Crippen molar-refractivity contribution < 1.29 is 9.47 Å². The van der Waals surface area contributed by atoms with Crippen molar-refractivity contribution in [3.8, 4) is 0 Å². The summed E-state index contributed by atoms with van der Waals surface area (Å²) in [5.41, 5.74) is 0. The Bertz CT molecular complexity index is 194. The van der Waals surface area contributed by atoms with Crippen LogP contribution in [0.4, 0.5) is 0 Å². The molecule has 0 aromatic rings. The first-order valence-electron chi connectivity index (χ1n) is 6.36. The molecule has 1 saturated carbocycles. The molecule has 1 N–H and O–H groups in total. The van der Waals surface area contributed by atoms with Crippen molar-refractivity contribution >= 4 is 0 Å². The fourth-order valence-electron chi connectivity index (χ4n) is 2.90. The molecule has 0 radical (unpaired) electrons. The van der Waals surface area contributed by atoms with Crippen molar-refractivity contribution in [3.05, 3.63) is 0 Å². The van der Waals surface area contributed by atoms with Gasteiger partial charge in [-0.15, -0.1) is 0 Å². The van der Waals surface area contributed by atoms with Crippen LogP contribution in [0.3, 0.4) is 0 Å². The van der Waals surface area contributed by atoms with Gasteiger partial charge < -0.3 is 14.8 Å². The number of nitrogens with one attached hydrogen (secondary N) is 1. The maximum absolute atomic E-state index is 5.38. The van der Waals surface area contributed by atoms with Crippen LogP contribution in [0, 0.1) is 17.8 Å². The van der Waals surface area contributed by atoms with E-state index in [-0.39, 0.29) is 6.29 Å². The normalized spacial score (nSPS) is 33.0. The van der Waals surface area contributed by atoms with Crippen LogP contribution in [0.5, 0.6) is 0 Å². The molecule has 0 spiro atoms. The molecule has 3 nitrogen and oxygen atoms in total. The maximum atomic E-state index is 5.38. The highest BCUT2D eigenvalue weighted by molar-refractivity contribution is 4.85. The molecule has 1 aliphatic rings. The second-order valence-corrected chi connectivity index (χ2v) is 5.18. The zero-order valence-electron chi connectivity index (χ0n) is 11.3. The Morgan fingerprint density at radius 2 is 1.69 bits per heavy atom. The lowest BCUT2D eigenvalue weighted by atomic mass is 9.73. The zero-order chi connectivity index (χ0) is 12.1. The predicted octanol–water partition coefficient (Wildman–Crippen LogP) is 2.27. The van der Waals surface area contributed by atoms with Gasteiger partial charge in [0.25, 0.3) is 0 Å². The summed E-state index contributed by atoms with van der Waals surface area (Å²) in [5, 5.41) is 3.36. The molecule has 0 saturated heterocycles. The van der Waals surface area contributed by atoms with Crippen molar-refractivity contribution in [3.63, 3.8) is 0 Å². The first-order valence-corrected chi connectivity index (χ1v) is 6.36. The smallest absolute Gasteiger partial charge is 0.172 e. The van der Waals surface area contributed by atoms with Crippen LogP contribution in [0.25, 0.3) is 0 Å². The standard InChI is InChI=1S/C13H27NO2/c1-9-6-7-11(8-10(9)2)12(14-3)13(15-4)16-5/h9-14H,6-8H2,1-5H3. The number of hydrogen-bond donors (Lipinski definition) is 1. The molecule has 0 amide bonds. The highest BCUT2D eigenvalue weighted by atomic mass is 16.7. The summed E-state index contributed by atoms with van der Waals surface area (Å²) in [7, 11) is 5.43. The van der Waals surface area contributed by atoms with Gasteiger partial charge in [-0.1, -0.05) is 20.3 Å². The minimum Gasteiger partial charge on any atom is -0.354 e.